The average molecular weight is 422 g/mol. The molecule has 3 N–H and O–H groups in total. The molecule has 1 aliphatic rings. The Hall–Kier alpha value is -2.93. The third-order valence-electron chi connectivity index (χ3n) is 6.76. The van der Waals surface area contributed by atoms with Crippen molar-refractivity contribution in [3.05, 3.63) is 41.6 Å². The molecule has 2 aromatic heterocycles. The summed E-state index contributed by atoms with van der Waals surface area (Å²) in [7, 11) is 2.16. The number of aryl methyl sites for hydroxylation is 1. The summed E-state index contributed by atoms with van der Waals surface area (Å²) in [6, 6.07) is 8.69. The molecule has 0 bridgehead atoms. The second kappa shape index (κ2) is 7.34. The van der Waals surface area contributed by atoms with Crippen LogP contribution >= 0.6 is 0 Å². The van der Waals surface area contributed by atoms with Gasteiger partial charge in [0.15, 0.2) is 5.65 Å². The maximum absolute atomic E-state index is 13.5. The van der Waals surface area contributed by atoms with E-state index in [-0.39, 0.29) is 28.8 Å². The van der Waals surface area contributed by atoms with E-state index < -0.39 is 0 Å². The normalized spacial score (nSPS) is 18.9. The van der Waals surface area contributed by atoms with E-state index in [0.29, 0.717) is 16.9 Å². The zero-order valence-corrected chi connectivity index (χ0v) is 19.1. The minimum absolute atomic E-state index is 0.0178. The number of hydrogen-bond acceptors (Lipinski definition) is 5. The van der Waals surface area contributed by atoms with Crippen LogP contribution in [-0.4, -0.2) is 55.3 Å². The number of aromatic hydroxyl groups is 1. The van der Waals surface area contributed by atoms with Gasteiger partial charge in [-0.1, -0.05) is 0 Å². The van der Waals surface area contributed by atoms with Crippen LogP contribution in [0.2, 0.25) is 0 Å². The Morgan fingerprint density at radius 1 is 1.16 bits per heavy atom. The van der Waals surface area contributed by atoms with Crippen molar-refractivity contribution in [1.82, 2.24) is 25.4 Å². The number of likely N-dealkylation sites (tertiary alicyclic amines) is 1. The van der Waals surface area contributed by atoms with Crippen LogP contribution in [0.25, 0.3) is 22.3 Å². The second-order valence-electron chi connectivity index (χ2n) is 9.90. The van der Waals surface area contributed by atoms with Crippen molar-refractivity contribution in [2.24, 2.45) is 0 Å². The van der Waals surface area contributed by atoms with Crippen LogP contribution in [0.3, 0.4) is 0 Å². The van der Waals surface area contributed by atoms with Gasteiger partial charge in [-0.3, -0.25) is 14.8 Å². The molecule has 4 rings (SSSR count). The number of pyridine rings is 1. The topological polar surface area (TPSA) is 94.1 Å². The Morgan fingerprint density at radius 3 is 2.39 bits per heavy atom. The molecule has 31 heavy (non-hydrogen) atoms. The molecule has 0 radical (unpaired) electrons. The van der Waals surface area contributed by atoms with Gasteiger partial charge >= 0.3 is 0 Å². The molecule has 1 fully saturated rings. The molecular formula is C24H31N5O2. The van der Waals surface area contributed by atoms with E-state index in [1.165, 1.54) is 0 Å². The van der Waals surface area contributed by atoms with Crippen LogP contribution in [0.4, 0.5) is 0 Å². The van der Waals surface area contributed by atoms with Crippen molar-refractivity contribution >= 4 is 16.9 Å². The number of rotatable bonds is 3. The maximum Gasteiger partial charge on any atom is 0.252 e. The Balaban J connectivity index is 1.70. The third-order valence-corrected chi connectivity index (χ3v) is 6.76. The van der Waals surface area contributed by atoms with E-state index in [1.807, 2.05) is 13.0 Å². The lowest BCUT2D eigenvalue weighted by molar-refractivity contribution is -0.0169. The van der Waals surface area contributed by atoms with Gasteiger partial charge in [0.05, 0.1) is 22.3 Å². The second-order valence-corrected chi connectivity index (χ2v) is 9.90. The lowest BCUT2D eigenvalue weighted by atomic mass is 9.77. The monoisotopic (exact) mass is 421 g/mol. The highest BCUT2D eigenvalue weighted by Gasteiger charge is 2.43. The number of phenols is 1. The Bertz CT molecular complexity index is 1110. The van der Waals surface area contributed by atoms with E-state index in [2.05, 4.69) is 60.1 Å². The summed E-state index contributed by atoms with van der Waals surface area (Å²) in [5.41, 5.74) is 3.33. The molecular weight excluding hydrogens is 390 g/mol. The Kier molecular flexibility index (Phi) is 5.04. The summed E-state index contributed by atoms with van der Waals surface area (Å²) in [6.45, 7) is 10.8. The molecule has 1 aromatic carbocycles. The zero-order valence-electron chi connectivity index (χ0n) is 19.1. The van der Waals surface area contributed by atoms with Crippen LogP contribution in [0, 0.1) is 6.92 Å². The number of aromatic nitrogens is 3. The molecule has 0 atom stereocenters. The van der Waals surface area contributed by atoms with E-state index >= 15 is 0 Å². The number of hydrogen-bond donors (Lipinski definition) is 3. The maximum atomic E-state index is 13.5. The van der Waals surface area contributed by atoms with Gasteiger partial charge in [-0.05, 0) is 84.8 Å². The molecule has 7 heteroatoms. The van der Waals surface area contributed by atoms with E-state index in [4.69, 9.17) is 0 Å². The van der Waals surface area contributed by atoms with Crippen LogP contribution in [0.5, 0.6) is 5.75 Å². The summed E-state index contributed by atoms with van der Waals surface area (Å²) < 4.78 is 0. The number of nitrogens with zero attached hydrogens (tertiary/aromatic N) is 3. The summed E-state index contributed by atoms with van der Waals surface area (Å²) >= 11 is 0. The molecule has 0 spiro atoms. The molecule has 1 amide bonds. The van der Waals surface area contributed by atoms with Crippen molar-refractivity contribution in [2.75, 3.05) is 7.05 Å². The number of nitrogens with one attached hydrogen (secondary N) is 2. The SMILES string of the molecule is Cc1n[nH]c2nc(-c3ccc(O)cc3)cc(C(=O)NC3CC(C)(C)N(C)C(C)(C)C3)c12. The number of carbonyl (C=O) groups is 1. The van der Waals surface area contributed by atoms with Gasteiger partial charge in [-0.25, -0.2) is 4.98 Å². The first kappa shape index (κ1) is 21.3. The largest absolute Gasteiger partial charge is 0.508 e. The first-order chi connectivity index (χ1) is 14.5. The van der Waals surface area contributed by atoms with Crippen LogP contribution < -0.4 is 5.32 Å². The highest BCUT2D eigenvalue weighted by atomic mass is 16.3. The van der Waals surface area contributed by atoms with E-state index in [9.17, 15) is 9.90 Å². The van der Waals surface area contributed by atoms with Gasteiger partial charge in [0.2, 0.25) is 0 Å². The van der Waals surface area contributed by atoms with Gasteiger partial charge in [-0.15, -0.1) is 0 Å². The van der Waals surface area contributed by atoms with Crippen LogP contribution in [0.1, 0.15) is 56.6 Å². The summed E-state index contributed by atoms with van der Waals surface area (Å²) in [6.07, 6.45) is 1.75. The predicted molar refractivity (Wildman–Crippen MR) is 122 cm³/mol. The fourth-order valence-electron chi connectivity index (χ4n) is 4.88. The predicted octanol–water partition coefficient (Wildman–Crippen LogP) is 4.02. The summed E-state index contributed by atoms with van der Waals surface area (Å²) in [5, 5.41) is 20.9. The number of phenolic OH excluding ortho intramolecular Hbond substituents is 1. The van der Waals surface area contributed by atoms with Gasteiger partial charge in [0.1, 0.15) is 5.75 Å². The summed E-state index contributed by atoms with van der Waals surface area (Å²) in [5.74, 6) is 0.0748. The quantitative estimate of drug-likeness (QED) is 0.594. The first-order valence-electron chi connectivity index (χ1n) is 10.7. The molecule has 3 heterocycles. The number of carbonyl (C=O) groups excluding carboxylic acids is 1. The molecule has 0 saturated carbocycles. The molecule has 0 aliphatic carbocycles. The summed E-state index contributed by atoms with van der Waals surface area (Å²) in [4.78, 5) is 20.5. The number of fused-ring (bicyclic) bond motifs is 1. The minimum Gasteiger partial charge on any atom is -0.508 e. The third kappa shape index (κ3) is 3.90. The zero-order chi connectivity index (χ0) is 22.6. The minimum atomic E-state index is -0.113. The molecule has 0 unspecified atom stereocenters. The molecule has 3 aromatic rings. The Morgan fingerprint density at radius 2 is 1.77 bits per heavy atom. The van der Waals surface area contributed by atoms with Gasteiger partial charge in [0, 0.05) is 22.7 Å². The standard InChI is InChI=1S/C24H31N5O2/c1-14-20-18(22(31)25-16-12-23(2,3)29(6)24(4,5)13-16)11-19(26-21(20)28-27-14)15-7-9-17(30)10-8-15/h7-11,16,30H,12-13H2,1-6H3,(H,25,31)(H,26,27,28). The van der Waals surface area contributed by atoms with Crippen molar-refractivity contribution < 1.29 is 9.90 Å². The van der Waals surface area contributed by atoms with Crippen LogP contribution in [0.15, 0.2) is 30.3 Å². The first-order valence-corrected chi connectivity index (χ1v) is 10.7. The molecule has 164 valence electrons. The smallest absolute Gasteiger partial charge is 0.252 e. The Labute approximate surface area is 182 Å². The molecule has 1 saturated heterocycles. The van der Waals surface area contributed by atoms with Gasteiger partial charge < -0.3 is 10.4 Å². The highest BCUT2D eigenvalue weighted by Crippen LogP contribution is 2.37. The lowest BCUT2D eigenvalue weighted by Gasteiger charge is -2.53. The van der Waals surface area contributed by atoms with Gasteiger partial charge in [-0.2, -0.15) is 5.10 Å². The molecule has 1 aliphatic heterocycles. The fourth-order valence-corrected chi connectivity index (χ4v) is 4.88. The van der Waals surface area contributed by atoms with E-state index in [0.717, 1.165) is 29.5 Å². The number of H-pyrrole nitrogens is 1. The number of aromatic amines is 1. The molecule has 7 nitrogen and oxygen atoms in total. The average Bonchev–Trinajstić information content (AvgIpc) is 3.06. The number of piperidine rings is 1. The number of amides is 1. The van der Waals surface area contributed by atoms with E-state index in [1.54, 1.807) is 24.3 Å². The van der Waals surface area contributed by atoms with Gasteiger partial charge in [0.25, 0.3) is 5.91 Å². The highest BCUT2D eigenvalue weighted by molar-refractivity contribution is 6.07. The van der Waals surface area contributed by atoms with Crippen molar-refractivity contribution in [1.29, 1.82) is 0 Å². The van der Waals surface area contributed by atoms with Crippen molar-refractivity contribution in [3.63, 3.8) is 0 Å². The van der Waals surface area contributed by atoms with Crippen molar-refractivity contribution in [3.8, 4) is 17.0 Å². The van der Waals surface area contributed by atoms with Crippen molar-refractivity contribution in [2.45, 2.75) is 64.6 Å². The number of benzene rings is 1. The van der Waals surface area contributed by atoms with Crippen LogP contribution in [-0.2, 0) is 0 Å². The lowest BCUT2D eigenvalue weighted by Crippen LogP contribution is -2.62. The fraction of sp³-hybridized carbons (Fsp3) is 0.458.